The van der Waals surface area contributed by atoms with Gasteiger partial charge in [-0.1, -0.05) is 60.7 Å². The summed E-state index contributed by atoms with van der Waals surface area (Å²) in [4.78, 5) is 0. The Bertz CT molecular complexity index is 688. The third-order valence-corrected chi connectivity index (χ3v) is 3.59. The second kappa shape index (κ2) is 11.1. The summed E-state index contributed by atoms with van der Waals surface area (Å²) in [6, 6.07) is 14.4. The molecule has 0 spiro atoms. The average Bonchev–Trinajstić information content (AvgIpc) is 2.56. The van der Waals surface area contributed by atoms with Crippen LogP contribution in [0, 0.1) is 6.92 Å². The largest absolute Gasteiger partial charge is 0.494 e. The van der Waals surface area contributed by atoms with Crippen LogP contribution in [0.4, 0.5) is 5.69 Å². The summed E-state index contributed by atoms with van der Waals surface area (Å²) < 4.78 is 5.37. The van der Waals surface area contributed by atoms with Gasteiger partial charge in [0.15, 0.2) is 0 Å². The van der Waals surface area contributed by atoms with Crippen molar-refractivity contribution in [2.75, 3.05) is 19.0 Å². The highest BCUT2D eigenvalue weighted by Gasteiger charge is 2.07. The zero-order valence-corrected chi connectivity index (χ0v) is 16.1. The highest BCUT2D eigenvalue weighted by Crippen LogP contribution is 2.32. The molecule has 0 aromatic heterocycles. The topological polar surface area (TPSA) is 52.8 Å². The van der Waals surface area contributed by atoms with E-state index in [-0.39, 0.29) is 5.48 Å². The first-order valence-electron chi connectivity index (χ1n) is 8.20. The molecule has 0 fully saturated rings. The predicted octanol–water partition coefficient (Wildman–Crippen LogP) is 5.36. The van der Waals surface area contributed by atoms with E-state index < -0.39 is 0 Å². The summed E-state index contributed by atoms with van der Waals surface area (Å²) in [6.45, 7) is 16.8. The first kappa shape index (κ1) is 22.5. The lowest BCUT2D eigenvalue weighted by Gasteiger charge is -2.13. The Kier molecular flexibility index (Phi) is 9.99. The minimum Gasteiger partial charge on any atom is -0.494 e. The number of methoxy groups -OCH3 is 1. The first-order chi connectivity index (χ1) is 11.4. The average molecular weight is 341 g/mol. The summed E-state index contributed by atoms with van der Waals surface area (Å²) in [6.07, 6.45) is 0. The van der Waals surface area contributed by atoms with Gasteiger partial charge in [-0.3, -0.25) is 0 Å². The number of benzene rings is 2. The Morgan fingerprint density at radius 3 is 2.04 bits per heavy atom. The fourth-order valence-corrected chi connectivity index (χ4v) is 2.26. The van der Waals surface area contributed by atoms with E-state index in [9.17, 15) is 0 Å². The van der Waals surface area contributed by atoms with Crippen LogP contribution < -0.4 is 10.1 Å². The molecule has 0 amide bonds. The molecule has 2 aromatic rings. The molecule has 0 aliphatic rings. The second-order valence-corrected chi connectivity index (χ2v) is 5.84. The number of nitrogens with one attached hydrogen (secondary N) is 1. The van der Waals surface area contributed by atoms with Crippen molar-refractivity contribution < 1.29 is 10.2 Å². The van der Waals surface area contributed by atoms with Crippen LogP contribution in [0.15, 0.2) is 55.6 Å². The number of rotatable bonds is 5. The molecule has 3 nitrogen and oxygen atoms in total. The zero-order chi connectivity index (χ0) is 18.1. The SMILES string of the molecule is C=C(C)c1ccc(C)cc1.C=C(C)c1cccc(NCC)c1OC.O. The number of para-hydroxylation sites is 1. The van der Waals surface area contributed by atoms with E-state index in [0.29, 0.717) is 0 Å². The molecule has 0 aliphatic heterocycles. The molecule has 0 atom stereocenters. The lowest BCUT2D eigenvalue weighted by molar-refractivity contribution is 0.415. The Balaban J connectivity index is 0.000000465. The summed E-state index contributed by atoms with van der Waals surface area (Å²) in [5.74, 6) is 0.877. The van der Waals surface area contributed by atoms with Crippen LogP contribution in [0.2, 0.25) is 0 Å². The summed E-state index contributed by atoms with van der Waals surface area (Å²) in [5, 5.41) is 3.26. The number of anilines is 1. The molecular formula is C22H31NO2. The van der Waals surface area contributed by atoms with Crippen molar-refractivity contribution >= 4 is 16.8 Å². The Labute approximate surface area is 152 Å². The lowest BCUT2D eigenvalue weighted by Crippen LogP contribution is -2.01. The van der Waals surface area contributed by atoms with Crippen molar-refractivity contribution in [2.45, 2.75) is 27.7 Å². The van der Waals surface area contributed by atoms with Crippen LogP contribution in [0.3, 0.4) is 0 Å². The van der Waals surface area contributed by atoms with Gasteiger partial charge in [-0.2, -0.15) is 0 Å². The summed E-state index contributed by atoms with van der Waals surface area (Å²) in [7, 11) is 1.68. The van der Waals surface area contributed by atoms with Crippen molar-refractivity contribution in [1.29, 1.82) is 0 Å². The molecular weight excluding hydrogens is 310 g/mol. The quantitative estimate of drug-likeness (QED) is 0.795. The monoisotopic (exact) mass is 341 g/mol. The lowest BCUT2D eigenvalue weighted by atomic mass is 10.1. The van der Waals surface area contributed by atoms with E-state index in [2.05, 4.69) is 56.6 Å². The normalized spacial score (nSPS) is 9.16. The Hall–Kier alpha value is -2.52. The van der Waals surface area contributed by atoms with Crippen LogP contribution >= 0.6 is 0 Å². The van der Waals surface area contributed by atoms with E-state index in [1.54, 1.807) is 7.11 Å². The third kappa shape index (κ3) is 6.86. The molecule has 2 aromatic carbocycles. The number of ether oxygens (including phenoxy) is 1. The van der Waals surface area contributed by atoms with Gasteiger partial charge in [-0.25, -0.2) is 0 Å². The number of hydrogen-bond donors (Lipinski definition) is 1. The second-order valence-electron chi connectivity index (χ2n) is 5.84. The minimum absolute atomic E-state index is 0. The van der Waals surface area contributed by atoms with Crippen molar-refractivity contribution in [3.05, 3.63) is 72.3 Å². The molecule has 3 heteroatoms. The van der Waals surface area contributed by atoms with Crippen LogP contribution in [0.5, 0.6) is 5.75 Å². The standard InChI is InChI=1S/C12H17NO.C10H12.H2O/c1-5-13-11-8-6-7-10(9(2)3)12(11)14-4;1-8(2)10-6-4-9(3)5-7-10;/h6-8,13H,2,5H2,1,3-4H3;4-7H,1H2,2-3H3;1H2. The van der Waals surface area contributed by atoms with Crippen LogP contribution in [0.25, 0.3) is 11.1 Å². The fourth-order valence-electron chi connectivity index (χ4n) is 2.26. The summed E-state index contributed by atoms with van der Waals surface area (Å²) in [5.41, 5.74) is 6.75. The van der Waals surface area contributed by atoms with Crippen molar-refractivity contribution in [2.24, 2.45) is 0 Å². The van der Waals surface area contributed by atoms with Crippen molar-refractivity contribution in [3.8, 4) is 5.75 Å². The third-order valence-electron chi connectivity index (χ3n) is 3.59. The first-order valence-corrected chi connectivity index (χ1v) is 8.20. The van der Waals surface area contributed by atoms with Crippen molar-refractivity contribution in [3.63, 3.8) is 0 Å². The molecule has 0 saturated carbocycles. The molecule has 2 rings (SSSR count). The van der Waals surface area contributed by atoms with Gasteiger partial charge in [0.2, 0.25) is 0 Å². The zero-order valence-electron chi connectivity index (χ0n) is 16.1. The molecule has 3 N–H and O–H groups in total. The highest BCUT2D eigenvalue weighted by atomic mass is 16.5. The number of allylic oxidation sites excluding steroid dienone is 2. The van der Waals surface area contributed by atoms with Gasteiger partial charge in [0.25, 0.3) is 0 Å². The van der Waals surface area contributed by atoms with Gasteiger partial charge >= 0.3 is 0 Å². The van der Waals surface area contributed by atoms with Crippen LogP contribution in [-0.2, 0) is 0 Å². The molecule has 0 aliphatic carbocycles. The van der Waals surface area contributed by atoms with E-state index in [1.807, 2.05) is 32.0 Å². The van der Waals surface area contributed by atoms with Crippen LogP contribution in [0.1, 0.15) is 37.5 Å². The van der Waals surface area contributed by atoms with Gasteiger partial charge < -0.3 is 15.5 Å². The van der Waals surface area contributed by atoms with Gasteiger partial charge in [-0.15, -0.1) is 0 Å². The van der Waals surface area contributed by atoms with E-state index in [0.717, 1.165) is 34.7 Å². The molecule has 0 bridgehead atoms. The predicted molar refractivity (Wildman–Crippen MR) is 111 cm³/mol. The van der Waals surface area contributed by atoms with Gasteiger partial charge in [0.1, 0.15) is 5.75 Å². The maximum Gasteiger partial charge on any atom is 0.149 e. The maximum atomic E-state index is 5.37. The molecule has 0 unspecified atom stereocenters. The number of aryl methyl sites for hydroxylation is 1. The van der Waals surface area contributed by atoms with E-state index in [1.165, 1.54) is 11.1 Å². The maximum absolute atomic E-state index is 5.37. The molecule has 0 saturated heterocycles. The molecule has 25 heavy (non-hydrogen) atoms. The van der Waals surface area contributed by atoms with Gasteiger partial charge in [0, 0.05) is 12.1 Å². The number of hydrogen-bond acceptors (Lipinski definition) is 2. The van der Waals surface area contributed by atoms with Gasteiger partial charge in [-0.05, 0) is 44.9 Å². The Morgan fingerprint density at radius 1 is 1.00 bits per heavy atom. The summed E-state index contributed by atoms with van der Waals surface area (Å²) >= 11 is 0. The van der Waals surface area contributed by atoms with E-state index >= 15 is 0 Å². The minimum atomic E-state index is 0. The van der Waals surface area contributed by atoms with Gasteiger partial charge in [0.05, 0.1) is 12.8 Å². The fraction of sp³-hybridized carbons (Fsp3) is 0.273. The Morgan fingerprint density at radius 2 is 1.60 bits per heavy atom. The molecule has 0 radical (unpaired) electrons. The smallest absolute Gasteiger partial charge is 0.149 e. The molecule has 136 valence electrons. The van der Waals surface area contributed by atoms with Crippen LogP contribution in [-0.4, -0.2) is 19.1 Å². The van der Waals surface area contributed by atoms with Crippen molar-refractivity contribution in [1.82, 2.24) is 0 Å². The molecule has 0 heterocycles. The van der Waals surface area contributed by atoms with E-state index in [4.69, 9.17) is 4.74 Å². The highest BCUT2D eigenvalue weighted by molar-refractivity contribution is 5.74.